The predicted octanol–water partition coefficient (Wildman–Crippen LogP) is 3.03. The number of rotatable bonds is 10. The maximum absolute atomic E-state index is 12.8. The molecule has 1 aromatic rings. The van der Waals surface area contributed by atoms with Crippen molar-refractivity contribution in [2.24, 2.45) is 11.8 Å². The van der Waals surface area contributed by atoms with E-state index >= 15 is 0 Å². The van der Waals surface area contributed by atoms with Crippen molar-refractivity contribution in [3.8, 4) is 0 Å². The molecular formula is C22H35N3O4. The summed E-state index contributed by atoms with van der Waals surface area (Å²) in [6.07, 6.45) is 0.108. The van der Waals surface area contributed by atoms with Gasteiger partial charge in [0.2, 0.25) is 5.91 Å². The Morgan fingerprint density at radius 3 is 2.10 bits per heavy atom. The molecule has 3 N–H and O–H groups in total. The molecule has 0 saturated heterocycles. The van der Waals surface area contributed by atoms with Crippen LogP contribution in [-0.4, -0.2) is 43.1 Å². The van der Waals surface area contributed by atoms with Crippen molar-refractivity contribution >= 4 is 17.9 Å². The van der Waals surface area contributed by atoms with Gasteiger partial charge in [-0.1, -0.05) is 52.3 Å². The van der Waals surface area contributed by atoms with Gasteiger partial charge in [0.05, 0.1) is 6.61 Å². The SMILES string of the molecule is CCCOC(=O)N[C@H](C(=O)N[C@@H](CNC(=O)c1ccc(C)cc1)C(C)C)C(C)C. The summed E-state index contributed by atoms with van der Waals surface area (Å²) in [5.74, 6) is -0.500. The van der Waals surface area contributed by atoms with Gasteiger partial charge in [-0.15, -0.1) is 0 Å². The summed E-state index contributed by atoms with van der Waals surface area (Å²) >= 11 is 0. The number of hydrogen-bond donors (Lipinski definition) is 3. The molecule has 0 radical (unpaired) electrons. The number of hydrogen-bond acceptors (Lipinski definition) is 4. The molecule has 0 saturated carbocycles. The lowest BCUT2D eigenvalue weighted by atomic mass is 10.00. The minimum atomic E-state index is -0.714. The van der Waals surface area contributed by atoms with Crippen molar-refractivity contribution in [2.75, 3.05) is 13.2 Å². The number of amides is 3. The Balaban J connectivity index is 2.69. The van der Waals surface area contributed by atoms with Crippen LogP contribution in [0.3, 0.4) is 0 Å². The Morgan fingerprint density at radius 1 is 0.966 bits per heavy atom. The van der Waals surface area contributed by atoms with E-state index in [1.165, 1.54) is 0 Å². The molecule has 0 bridgehead atoms. The average Bonchev–Trinajstić information content (AvgIpc) is 2.67. The summed E-state index contributed by atoms with van der Waals surface area (Å²) in [5.41, 5.74) is 1.66. The minimum absolute atomic E-state index is 0.0946. The summed E-state index contributed by atoms with van der Waals surface area (Å²) < 4.78 is 5.02. The van der Waals surface area contributed by atoms with Gasteiger partial charge in [0.25, 0.3) is 5.91 Å². The first kappa shape index (κ1) is 24.5. The summed E-state index contributed by atoms with van der Waals surface area (Å²) in [6.45, 7) is 12.1. The molecule has 3 amide bonds. The quantitative estimate of drug-likeness (QED) is 0.557. The Morgan fingerprint density at radius 2 is 1.59 bits per heavy atom. The van der Waals surface area contributed by atoms with E-state index in [2.05, 4.69) is 16.0 Å². The van der Waals surface area contributed by atoms with E-state index in [1.807, 2.05) is 53.7 Å². The molecule has 162 valence electrons. The third-order valence-corrected chi connectivity index (χ3v) is 4.59. The molecule has 1 aromatic carbocycles. The van der Waals surface area contributed by atoms with Crippen LogP contribution in [-0.2, 0) is 9.53 Å². The van der Waals surface area contributed by atoms with Crippen LogP contribution in [0.5, 0.6) is 0 Å². The second-order valence-corrected chi connectivity index (χ2v) is 7.94. The number of aryl methyl sites for hydroxylation is 1. The Hall–Kier alpha value is -2.57. The summed E-state index contributed by atoms with van der Waals surface area (Å²) in [5, 5.41) is 8.46. The van der Waals surface area contributed by atoms with Crippen molar-refractivity contribution < 1.29 is 19.1 Å². The second-order valence-electron chi connectivity index (χ2n) is 7.94. The molecule has 0 aliphatic rings. The highest BCUT2D eigenvalue weighted by atomic mass is 16.5. The van der Waals surface area contributed by atoms with Crippen LogP contribution < -0.4 is 16.0 Å². The van der Waals surface area contributed by atoms with E-state index in [0.29, 0.717) is 25.1 Å². The largest absolute Gasteiger partial charge is 0.450 e. The van der Waals surface area contributed by atoms with Gasteiger partial charge in [-0.05, 0) is 37.3 Å². The summed E-state index contributed by atoms with van der Waals surface area (Å²) in [7, 11) is 0. The van der Waals surface area contributed by atoms with Crippen LogP contribution in [0.15, 0.2) is 24.3 Å². The van der Waals surface area contributed by atoms with Crippen molar-refractivity contribution in [2.45, 2.75) is 60.0 Å². The van der Waals surface area contributed by atoms with Gasteiger partial charge < -0.3 is 20.7 Å². The third kappa shape index (κ3) is 8.54. The lowest BCUT2D eigenvalue weighted by Crippen LogP contribution is -2.55. The first-order chi connectivity index (χ1) is 13.6. The number of nitrogens with one attached hydrogen (secondary N) is 3. The van der Waals surface area contributed by atoms with E-state index in [-0.39, 0.29) is 29.7 Å². The number of ether oxygens (including phenoxy) is 1. The zero-order chi connectivity index (χ0) is 22.0. The molecule has 0 unspecified atom stereocenters. The Bertz CT molecular complexity index is 671. The van der Waals surface area contributed by atoms with Gasteiger partial charge in [0, 0.05) is 18.2 Å². The predicted molar refractivity (Wildman–Crippen MR) is 114 cm³/mol. The number of alkyl carbamates (subject to hydrolysis) is 1. The molecule has 1 rings (SSSR count). The van der Waals surface area contributed by atoms with Gasteiger partial charge in [-0.25, -0.2) is 4.79 Å². The molecule has 7 heteroatoms. The lowest BCUT2D eigenvalue weighted by Gasteiger charge is -2.27. The van der Waals surface area contributed by atoms with Crippen LogP contribution >= 0.6 is 0 Å². The highest BCUT2D eigenvalue weighted by Crippen LogP contribution is 2.07. The normalized spacial score (nSPS) is 13.0. The Kier molecular flexibility index (Phi) is 10.2. The maximum Gasteiger partial charge on any atom is 0.407 e. The van der Waals surface area contributed by atoms with Crippen LogP contribution in [0.2, 0.25) is 0 Å². The Labute approximate surface area is 174 Å². The van der Waals surface area contributed by atoms with E-state index in [4.69, 9.17) is 4.74 Å². The highest BCUT2D eigenvalue weighted by molar-refractivity contribution is 5.94. The van der Waals surface area contributed by atoms with Crippen molar-refractivity contribution in [1.82, 2.24) is 16.0 Å². The second kappa shape index (κ2) is 12.1. The molecule has 7 nitrogen and oxygen atoms in total. The van der Waals surface area contributed by atoms with E-state index in [0.717, 1.165) is 5.56 Å². The first-order valence-corrected chi connectivity index (χ1v) is 10.2. The summed E-state index contributed by atoms with van der Waals surface area (Å²) in [4.78, 5) is 37.0. The molecule has 0 spiro atoms. The molecule has 29 heavy (non-hydrogen) atoms. The average molecular weight is 406 g/mol. The fourth-order valence-corrected chi connectivity index (χ4v) is 2.63. The van der Waals surface area contributed by atoms with E-state index in [1.54, 1.807) is 12.1 Å². The zero-order valence-corrected chi connectivity index (χ0v) is 18.4. The maximum atomic E-state index is 12.8. The molecule has 0 aliphatic heterocycles. The van der Waals surface area contributed by atoms with Crippen molar-refractivity contribution in [3.63, 3.8) is 0 Å². The van der Waals surface area contributed by atoms with Crippen LogP contribution in [0.1, 0.15) is 57.0 Å². The summed E-state index contributed by atoms with van der Waals surface area (Å²) in [6, 6.07) is 6.32. The van der Waals surface area contributed by atoms with Crippen molar-refractivity contribution in [1.29, 1.82) is 0 Å². The minimum Gasteiger partial charge on any atom is -0.450 e. The molecule has 0 aromatic heterocycles. The number of benzene rings is 1. The van der Waals surface area contributed by atoms with E-state index in [9.17, 15) is 14.4 Å². The van der Waals surface area contributed by atoms with Crippen LogP contribution in [0.25, 0.3) is 0 Å². The molecule has 0 fully saturated rings. The molecular weight excluding hydrogens is 370 g/mol. The smallest absolute Gasteiger partial charge is 0.407 e. The monoisotopic (exact) mass is 405 g/mol. The van der Waals surface area contributed by atoms with E-state index < -0.39 is 12.1 Å². The number of carbonyl (C=O) groups excluding carboxylic acids is 3. The lowest BCUT2D eigenvalue weighted by molar-refractivity contribution is -0.125. The van der Waals surface area contributed by atoms with Gasteiger partial charge in [-0.3, -0.25) is 9.59 Å². The van der Waals surface area contributed by atoms with Crippen LogP contribution in [0.4, 0.5) is 4.79 Å². The molecule has 0 heterocycles. The van der Waals surface area contributed by atoms with Crippen LogP contribution in [0, 0.1) is 18.8 Å². The van der Waals surface area contributed by atoms with Gasteiger partial charge >= 0.3 is 6.09 Å². The molecule has 2 atom stereocenters. The molecule has 0 aliphatic carbocycles. The fraction of sp³-hybridized carbons (Fsp3) is 0.591. The van der Waals surface area contributed by atoms with Gasteiger partial charge in [0.15, 0.2) is 0 Å². The number of carbonyl (C=O) groups is 3. The third-order valence-electron chi connectivity index (χ3n) is 4.59. The van der Waals surface area contributed by atoms with Crippen molar-refractivity contribution in [3.05, 3.63) is 35.4 Å². The highest BCUT2D eigenvalue weighted by Gasteiger charge is 2.27. The zero-order valence-electron chi connectivity index (χ0n) is 18.4. The standard InChI is InChI=1S/C22H35N3O4/c1-7-12-29-22(28)25-19(15(4)5)21(27)24-18(14(2)3)13-23-20(26)17-10-8-16(6)9-11-17/h8-11,14-15,18-19H,7,12-13H2,1-6H3,(H,23,26)(H,24,27)(H,25,28)/t18-,19-/m0/s1. The topological polar surface area (TPSA) is 96.5 Å². The fourth-order valence-electron chi connectivity index (χ4n) is 2.63. The van der Waals surface area contributed by atoms with Gasteiger partial charge in [0.1, 0.15) is 6.04 Å². The first-order valence-electron chi connectivity index (χ1n) is 10.2. The van der Waals surface area contributed by atoms with Gasteiger partial charge in [-0.2, -0.15) is 0 Å².